The van der Waals surface area contributed by atoms with Gasteiger partial charge in [0.15, 0.2) is 5.78 Å². The first-order valence-electron chi connectivity index (χ1n) is 5.26. The molecule has 0 radical (unpaired) electrons. The van der Waals surface area contributed by atoms with Crippen LogP contribution in [-0.4, -0.2) is 22.9 Å². The Bertz CT molecular complexity index is 697. The highest BCUT2D eigenvalue weighted by atomic mass is 35.5. The number of carbonyl (C=O) groups excluding carboxylic acids is 1. The number of aromatic amines is 1. The van der Waals surface area contributed by atoms with Crippen LogP contribution in [0.3, 0.4) is 0 Å². The molecule has 98 valence electrons. The third-order valence-corrected chi connectivity index (χ3v) is 2.80. The van der Waals surface area contributed by atoms with Crippen LogP contribution in [0.5, 0.6) is 5.75 Å². The first-order valence-corrected chi connectivity index (χ1v) is 5.63. The number of halogens is 1. The van der Waals surface area contributed by atoms with Crippen LogP contribution in [0.25, 0.3) is 0 Å². The minimum atomic E-state index is -0.609. The minimum Gasteiger partial charge on any atom is -0.495 e. The predicted molar refractivity (Wildman–Crippen MR) is 70.7 cm³/mol. The second-order valence-corrected chi connectivity index (χ2v) is 4.10. The van der Waals surface area contributed by atoms with Gasteiger partial charge < -0.3 is 10.5 Å². The lowest BCUT2D eigenvalue weighted by atomic mass is 10.1. The summed E-state index contributed by atoms with van der Waals surface area (Å²) >= 11 is 5.94. The molecule has 19 heavy (non-hydrogen) atoms. The van der Waals surface area contributed by atoms with Gasteiger partial charge >= 0.3 is 5.69 Å². The van der Waals surface area contributed by atoms with Crippen LogP contribution in [0, 0.1) is 0 Å². The third kappa shape index (κ3) is 2.58. The van der Waals surface area contributed by atoms with E-state index in [4.69, 9.17) is 22.1 Å². The molecule has 0 atom stereocenters. The summed E-state index contributed by atoms with van der Waals surface area (Å²) in [6.45, 7) is 0. The molecule has 3 N–H and O–H groups in total. The van der Waals surface area contributed by atoms with Gasteiger partial charge in [-0.2, -0.15) is 0 Å². The van der Waals surface area contributed by atoms with Gasteiger partial charge in [-0.25, -0.2) is 9.78 Å². The highest BCUT2D eigenvalue weighted by molar-refractivity contribution is 6.32. The molecule has 0 spiro atoms. The summed E-state index contributed by atoms with van der Waals surface area (Å²) in [5.74, 6) is 0.0496. The van der Waals surface area contributed by atoms with Crippen molar-refractivity contribution in [2.75, 3.05) is 12.8 Å². The molecule has 1 aromatic carbocycles. The predicted octanol–water partition coefficient (Wildman–Crippen LogP) is 1.25. The number of aromatic nitrogens is 2. The Morgan fingerprint density at radius 3 is 2.79 bits per heavy atom. The quantitative estimate of drug-likeness (QED) is 0.824. The number of ketones is 1. The van der Waals surface area contributed by atoms with Gasteiger partial charge in [-0.3, -0.25) is 9.78 Å². The zero-order chi connectivity index (χ0) is 14.0. The number of hydrogen-bond acceptors (Lipinski definition) is 5. The van der Waals surface area contributed by atoms with Crippen molar-refractivity contribution in [2.24, 2.45) is 0 Å². The van der Waals surface area contributed by atoms with Crippen LogP contribution >= 0.6 is 11.6 Å². The average Bonchev–Trinajstić information content (AvgIpc) is 2.38. The van der Waals surface area contributed by atoms with E-state index in [1.165, 1.54) is 13.2 Å². The fourth-order valence-electron chi connectivity index (χ4n) is 1.55. The molecule has 7 heteroatoms. The Morgan fingerprint density at radius 2 is 2.21 bits per heavy atom. The van der Waals surface area contributed by atoms with Crippen LogP contribution in [-0.2, 0) is 0 Å². The van der Waals surface area contributed by atoms with E-state index < -0.39 is 5.69 Å². The first-order chi connectivity index (χ1) is 9.02. The maximum absolute atomic E-state index is 12.2. The van der Waals surface area contributed by atoms with E-state index in [-0.39, 0.29) is 17.2 Å². The molecular weight excluding hydrogens is 270 g/mol. The maximum Gasteiger partial charge on any atom is 0.346 e. The molecule has 0 aliphatic carbocycles. The van der Waals surface area contributed by atoms with E-state index in [2.05, 4.69) is 9.97 Å². The van der Waals surface area contributed by atoms with Crippen molar-refractivity contribution in [3.8, 4) is 5.75 Å². The lowest BCUT2D eigenvalue weighted by Gasteiger charge is -2.06. The van der Waals surface area contributed by atoms with Gasteiger partial charge in [0.05, 0.1) is 17.7 Å². The molecule has 1 aromatic heterocycles. The number of nitrogens with zero attached hydrogens (tertiary/aromatic N) is 1. The zero-order valence-electron chi connectivity index (χ0n) is 9.94. The number of ether oxygens (including phenoxy) is 1. The van der Waals surface area contributed by atoms with E-state index in [1.807, 2.05) is 0 Å². The number of nitrogens with two attached hydrogens (primary N) is 1. The summed E-state index contributed by atoms with van der Waals surface area (Å²) in [5, 5.41) is 0.310. The molecule has 1 heterocycles. The molecule has 0 saturated carbocycles. The first kappa shape index (κ1) is 13.1. The van der Waals surface area contributed by atoms with Gasteiger partial charge in [0, 0.05) is 11.8 Å². The average molecular weight is 280 g/mol. The normalized spacial score (nSPS) is 10.2. The number of hydrogen-bond donors (Lipinski definition) is 2. The second kappa shape index (κ2) is 5.11. The molecule has 0 aliphatic rings. The van der Waals surface area contributed by atoms with E-state index in [1.54, 1.807) is 12.1 Å². The van der Waals surface area contributed by atoms with Crippen molar-refractivity contribution in [3.05, 3.63) is 51.0 Å². The zero-order valence-corrected chi connectivity index (χ0v) is 10.7. The van der Waals surface area contributed by atoms with Crippen molar-refractivity contribution in [1.29, 1.82) is 0 Å². The van der Waals surface area contributed by atoms with Crippen LogP contribution < -0.4 is 16.2 Å². The number of rotatable bonds is 3. The van der Waals surface area contributed by atoms with E-state index >= 15 is 0 Å². The summed E-state index contributed by atoms with van der Waals surface area (Å²) in [4.78, 5) is 28.9. The molecule has 0 fully saturated rings. The summed E-state index contributed by atoms with van der Waals surface area (Å²) in [6, 6.07) is 4.59. The molecule has 2 aromatic rings. The van der Waals surface area contributed by atoms with Crippen LogP contribution in [0.15, 0.2) is 29.2 Å². The highest BCUT2D eigenvalue weighted by Crippen LogP contribution is 2.26. The number of H-pyrrole nitrogens is 1. The lowest BCUT2D eigenvalue weighted by Crippen LogP contribution is -2.17. The van der Waals surface area contributed by atoms with Gasteiger partial charge in [0.25, 0.3) is 0 Å². The van der Waals surface area contributed by atoms with Crippen molar-refractivity contribution < 1.29 is 9.53 Å². The van der Waals surface area contributed by atoms with Gasteiger partial charge in [0.1, 0.15) is 11.6 Å². The maximum atomic E-state index is 12.2. The summed E-state index contributed by atoms with van der Waals surface area (Å²) in [7, 11) is 1.48. The highest BCUT2D eigenvalue weighted by Gasteiger charge is 2.15. The van der Waals surface area contributed by atoms with E-state index in [9.17, 15) is 9.59 Å². The molecule has 0 unspecified atom stereocenters. The Hall–Kier alpha value is -2.34. The number of benzene rings is 1. The summed E-state index contributed by atoms with van der Waals surface area (Å²) < 4.78 is 5.00. The third-order valence-electron chi connectivity index (χ3n) is 2.50. The molecule has 0 amide bonds. The summed E-state index contributed by atoms with van der Waals surface area (Å²) in [6.07, 6.45) is 1.13. The molecule has 0 aliphatic heterocycles. The number of methoxy groups -OCH3 is 1. The number of anilines is 1. The van der Waals surface area contributed by atoms with Gasteiger partial charge in [0.2, 0.25) is 0 Å². The molecule has 2 rings (SSSR count). The SMILES string of the molecule is COc1ccc(C(=O)c2cnc(=O)[nH]c2N)cc1Cl. The van der Waals surface area contributed by atoms with E-state index in [0.29, 0.717) is 16.3 Å². The minimum absolute atomic E-state index is 0.0306. The Balaban J connectivity index is 2.44. The molecular formula is C12H10ClN3O3. The van der Waals surface area contributed by atoms with E-state index in [0.717, 1.165) is 6.20 Å². The molecule has 0 saturated heterocycles. The smallest absolute Gasteiger partial charge is 0.346 e. The monoisotopic (exact) mass is 279 g/mol. The Morgan fingerprint density at radius 1 is 1.47 bits per heavy atom. The largest absolute Gasteiger partial charge is 0.495 e. The van der Waals surface area contributed by atoms with Crippen LogP contribution in [0.4, 0.5) is 5.82 Å². The number of carbonyl (C=O) groups is 1. The fraction of sp³-hybridized carbons (Fsp3) is 0.0833. The molecule has 6 nitrogen and oxygen atoms in total. The van der Waals surface area contributed by atoms with Crippen molar-refractivity contribution >= 4 is 23.2 Å². The fourth-order valence-corrected chi connectivity index (χ4v) is 1.81. The van der Waals surface area contributed by atoms with Gasteiger partial charge in [-0.1, -0.05) is 11.6 Å². The summed E-state index contributed by atoms with van der Waals surface area (Å²) in [5.41, 5.74) is 5.41. The topological polar surface area (TPSA) is 98.1 Å². The van der Waals surface area contributed by atoms with Crippen LogP contribution in [0.2, 0.25) is 5.02 Å². The Kier molecular flexibility index (Phi) is 3.52. The standard InChI is InChI=1S/C12H10ClN3O3/c1-19-9-3-2-6(4-8(9)13)10(17)7-5-15-12(18)16-11(7)14/h2-5H,1H3,(H3,14,15,16,18). The van der Waals surface area contributed by atoms with Gasteiger partial charge in [-0.05, 0) is 18.2 Å². The van der Waals surface area contributed by atoms with Crippen molar-refractivity contribution in [3.63, 3.8) is 0 Å². The lowest BCUT2D eigenvalue weighted by molar-refractivity contribution is 0.103. The Labute approximate surface area is 113 Å². The number of nitrogen functional groups attached to an aromatic ring is 1. The van der Waals surface area contributed by atoms with Gasteiger partial charge in [-0.15, -0.1) is 0 Å². The number of nitrogens with one attached hydrogen (secondary N) is 1. The second-order valence-electron chi connectivity index (χ2n) is 3.69. The molecule has 0 bridgehead atoms. The van der Waals surface area contributed by atoms with Crippen molar-refractivity contribution in [2.45, 2.75) is 0 Å². The van der Waals surface area contributed by atoms with Crippen LogP contribution in [0.1, 0.15) is 15.9 Å². The van der Waals surface area contributed by atoms with Crippen molar-refractivity contribution in [1.82, 2.24) is 9.97 Å².